The molecule has 0 spiro atoms. The summed E-state index contributed by atoms with van der Waals surface area (Å²) < 4.78 is 12.9. The predicted molar refractivity (Wildman–Crippen MR) is 75.6 cm³/mol. The minimum Gasteiger partial charge on any atom is -0.310 e. The van der Waals surface area contributed by atoms with Crippen molar-refractivity contribution >= 4 is 11.3 Å². The summed E-state index contributed by atoms with van der Waals surface area (Å²) in [5, 5.41) is 5.69. The van der Waals surface area contributed by atoms with E-state index in [1.54, 1.807) is 11.3 Å². The first-order chi connectivity index (χ1) is 8.69. The molecule has 0 aliphatic rings. The summed E-state index contributed by atoms with van der Waals surface area (Å²) in [6, 6.07) is 9.30. The van der Waals surface area contributed by atoms with Crippen LogP contribution in [0, 0.1) is 12.7 Å². The van der Waals surface area contributed by atoms with Crippen LogP contribution in [0.2, 0.25) is 0 Å². The number of hydrogen-bond acceptors (Lipinski definition) is 2. The smallest absolute Gasteiger partial charge is 0.123 e. The maximum atomic E-state index is 12.9. The number of hydrogen-bond donors (Lipinski definition) is 1. The van der Waals surface area contributed by atoms with Gasteiger partial charge in [0, 0.05) is 10.9 Å². The summed E-state index contributed by atoms with van der Waals surface area (Å²) in [7, 11) is 0. The number of rotatable bonds is 5. The van der Waals surface area contributed by atoms with Crippen LogP contribution in [0.4, 0.5) is 4.39 Å². The molecule has 1 heterocycles. The van der Waals surface area contributed by atoms with Crippen molar-refractivity contribution in [3.8, 4) is 0 Å². The van der Waals surface area contributed by atoms with E-state index >= 15 is 0 Å². The van der Waals surface area contributed by atoms with Crippen molar-refractivity contribution in [1.29, 1.82) is 0 Å². The zero-order valence-corrected chi connectivity index (χ0v) is 11.6. The van der Waals surface area contributed by atoms with Gasteiger partial charge in [-0.1, -0.05) is 19.1 Å². The molecule has 0 aliphatic carbocycles. The van der Waals surface area contributed by atoms with Crippen molar-refractivity contribution in [2.24, 2.45) is 0 Å². The zero-order chi connectivity index (χ0) is 13.0. The van der Waals surface area contributed by atoms with Gasteiger partial charge in [-0.2, -0.15) is 0 Å². The molecule has 2 rings (SSSR count). The quantitative estimate of drug-likeness (QED) is 0.856. The molecule has 0 bridgehead atoms. The Labute approximate surface area is 112 Å². The SMILES string of the molecule is CCNC(Cc1ccc(F)cc1)c1csc(C)c1. The fourth-order valence-electron chi connectivity index (χ4n) is 2.06. The second-order valence-electron chi connectivity index (χ2n) is 4.43. The highest BCUT2D eigenvalue weighted by atomic mass is 32.1. The van der Waals surface area contributed by atoms with Crippen LogP contribution < -0.4 is 5.32 Å². The third-order valence-corrected chi connectivity index (χ3v) is 3.84. The van der Waals surface area contributed by atoms with Crippen LogP contribution in [-0.2, 0) is 6.42 Å². The average Bonchev–Trinajstić information content (AvgIpc) is 2.78. The molecule has 96 valence electrons. The Kier molecular flexibility index (Phi) is 4.50. The van der Waals surface area contributed by atoms with Crippen molar-refractivity contribution in [2.45, 2.75) is 26.3 Å². The Hall–Kier alpha value is -1.19. The molecule has 0 saturated carbocycles. The maximum Gasteiger partial charge on any atom is 0.123 e. The van der Waals surface area contributed by atoms with E-state index in [1.807, 2.05) is 12.1 Å². The number of nitrogens with one attached hydrogen (secondary N) is 1. The minimum atomic E-state index is -0.176. The largest absolute Gasteiger partial charge is 0.310 e. The topological polar surface area (TPSA) is 12.0 Å². The molecule has 1 N–H and O–H groups in total. The summed E-state index contributed by atoms with van der Waals surface area (Å²) in [6.07, 6.45) is 0.893. The molecule has 2 aromatic rings. The second kappa shape index (κ2) is 6.12. The van der Waals surface area contributed by atoms with Crippen LogP contribution in [0.25, 0.3) is 0 Å². The highest BCUT2D eigenvalue weighted by Crippen LogP contribution is 2.23. The van der Waals surface area contributed by atoms with Crippen LogP contribution in [-0.4, -0.2) is 6.54 Å². The Morgan fingerprint density at radius 3 is 2.56 bits per heavy atom. The summed E-state index contributed by atoms with van der Waals surface area (Å²) in [4.78, 5) is 1.33. The van der Waals surface area contributed by atoms with E-state index in [0.29, 0.717) is 6.04 Å². The Morgan fingerprint density at radius 1 is 1.28 bits per heavy atom. The fourth-order valence-corrected chi connectivity index (χ4v) is 2.82. The van der Waals surface area contributed by atoms with Gasteiger partial charge >= 0.3 is 0 Å². The highest BCUT2D eigenvalue weighted by molar-refractivity contribution is 7.10. The van der Waals surface area contributed by atoms with Crippen LogP contribution in [0.5, 0.6) is 0 Å². The summed E-state index contributed by atoms with van der Waals surface area (Å²) in [6.45, 7) is 5.16. The van der Waals surface area contributed by atoms with Crippen LogP contribution in [0.1, 0.15) is 29.0 Å². The van der Waals surface area contributed by atoms with Gasteiger partial charge in [-0.25, -0.2) is 4.39 Å². The van der Waals surface area contributed by atoms with E-state index < -0.39 is 0 Å². The summed E-state index contributed by atoms with van der Waals surface area (Å²) in [5.74, 6) is -0.176. The van der Waals surface area contributed by atoms with Crippen LogP contribution in [0.15, 0.2) is 35.7 Å². The predicted octanol–water partition coefficient (Wildman–Crippen LogP) is 4.09. The number of halogens is 1. The Bertz CT molecular complexity index is 489. The molecule has 1 aromatic carbocycles. The first kappa shape index (κ1) is 13.2. The number of thiophene rings is 1. The molecule has 1 atom stereocenters. The maximum absolute atomic E-state index is 12.9. The van der Waals surface area contributed by atoms with Gasteiger partial charge in [0.2, 0.25) is 0 Å². The average molecular weight is 263 g/mol. The summed E-state index contributed by atoms with van der Waals surface area (Å²) >= 11 is 1.77. The second-order valence-corrected chi connectivity index (χ2v) is 5.55. The molecule has 18 heavy (non-hydrogen) atoms. The normalized spacial score (nSPS) is 12.6. The molecule has 0 radical (unpaired) electrons. The molecular weight excluding hydrogens is 245 g/mol. The van der Waals surface area contributed by atoms with E-state index in [1.165, 1.54) is 22.6 Å². The van der Waals surface area contributed by atoms with E-state index in [0.717, 1.165) is 18.5 Å². The lowest BCUT2D eigenvalue weighted by atomic mass is 10.0. The minimum absolute atomic E-state index is 0.176. The molecule has 0 aliphatic heterocycles. The molecule has 0 saturated heterocycles. The monoisotopic (exact) mass is 263 g/mol. The lowest BCUT2D eigenvalue weighted by Gasteiger charge is -2.17. The fraction of sp³-hybridized carbons (Fsp3) is 0.333. The lowest BCUT2D eigenvalue weighted by Crippen LogP contribution is -2.22. The van der Waals surface area contributed by atoms with Gasteiger partial charge in [-0.05, 0) is 54.6 Å². The molecule has 0 amide bonds. The van der Waals surface area contributed by atoms with Gasteiger partial charge in [0.15, 0.2) is 0 Å². The molecule has 0 fully saturated rings. The van der Waals surface area contributed by atoms with Gasteiger partial charge in [0.1, 0.15) is 5.82 Å². The first-order valence-corrected chi connectivity index (χ1v) is 7.10. The number of aryl methyl sites for hydroxylation is 1. The summed E-state index contributed by atoms with van der Waals surface area (Å²) in [5.41, 5.74) is 2.48. The molecular formula is C15H18FNS. The zero-order valence-electron chi connectivity index (χ0n) is 10.7. The Morgan fingerprint density at radius 2 is 2.00 bits per heavy atom. The van der Waals surface area contributed by atoms with E-state index in [4.69, 9.17) is 0 Å². The van der Waals surface area contributed by atoms with Crippen molar-refractivity contribution in [3.05, 3.63) is 57.5 Å². The third kappa shape index (κ3) is 3.40. The van der Waals surface area contributed by atoms with E-state index in [2.05, 4.69) is 30.6 Å². The molecule has 1 nitrogen and oxygen atoms in total. The van der Waals surface area contributed by atoms with Gasteiger partial charge in [-0.15, -0.1) is 11.3 Å². The third-order valence-electron chi connectivity index (χ3n) is 2.96. The van der Waals surface area contributed by atoms with E-state index in [-0.39, 0.29) is 5.82 Å². The van der Waals surface area contributed by atoms with Gasteiger partial charge in [0.05, 0.1) is 0 Å². The van der Waals surface area contributed by atoms with E-state index in [9.17, 15) is 4.39 Å². The van der Waals surface area contributed by atoms with Crippen LogP contribution >= 0.6 is 11.3 Å². The molecule has 1 aromatic heterocycles. The van der Waals surface area contributed by atoms with Crippen LogP contribution in [0.3, 0.4) is 0 Å². The lowest BCUT2D eigenvalue weighted by molar-refractivity contribution is 0.550. The number of benzene rings is 1. The van der Waals surface area contributed by atoms with Gasteiger partial charge in [0.25, 0.3) is 0 Å². The first-order valence-electron chi connectivity index (χ1n) is 6.22. The Balaban J connectivity index is 2.13. The molecule has 1 unspecified atom stereocenters. The van der Waals surface area contributed by atoms with Gasteiger partial charge < -0.3 is 5.32 Å². The highest BCUT2D eigenvalue weighted by Gasteiger charge is 2.12. The standard InChI is InChI=1S/C15H18FNS/c1-3-17-15(13-8-11(2)18-10-13)9-12-4-6-14(16)7-5-12/h4-8,10,15,17H,3,9H2,1-2H3. The number of likely N-dealkylation sites (N-methyl/N-ethyl adjacent to an activating group) is 1. The van der Waals surface area contributed by atoms with Crippen molar-refractivity contribution < 1.29 is 4.39 Å². The molecule has 3 heteroatoms. The van der Waals surface area contributed by atoms with Crippen molar-refractivity contribution in [1.82, 2.24) is 5.32 Å². The van der Waals surface area contributed by atoms with Gasteiger partial charge in [-0.3, -0.25) is 0 Å². The van der Waals surface area contributed by atoms with Crippen molar-refractivity contribution in [3.63, 3.8) is 0 Å². The van der Waals surface area contributed by atoms with Crippen molar-refractivity contribution in [2.75, 3.05) is 6.54 Å².